The van der Waals surface area contributed by atoms with Gasteiger partial charge in [0.05, 0.1) is 19.2 Å². The Kier molecular flexibility index (Phi) is 4.76. The molecule has 4 heteroatoms. The summed E-state index contributed by atoms with van der Waals surface area (Å²) in [5.41, 5.74) is 3.73. The maximum atomic E-state index is 10.7. The van der Waals surface area contributed by atoms with Gasteiger partial charge in [-0.1, -0.05) is 29.8 Å². The van der Waals surface area contributed by atoms with Crippen LogP contribution in [0.4, 0.5) is 0 Å². The summed E-state index contributed by atoms with van der Waals surface area (Å²) in [5, 5.41) is 11.1. The van der Waals surface area contributed by atoms with E-state index in [4.69, 9.17) is 21.1 Å². The molecule has 0 fully saturated rings. The molecule has 1 atom stereocenters. The lowest BCUT2D eigenvalue weighted by Crippen LogP contribution is -2.04. The average Bonchev–Trinajstić information content (AvgIpc) is 2.48. The molecular formula is C17H19ClO3. The van der Waals surface area contributed by atoms with Crippen molar-refractivity contribution in [3.63, 3.8) is 0 Å². The van der Waals surface area contributed by atoms with Gasteiger partial charge in [-0.05, 0) is 48.2 Å². The van der Waals surface area contributed by atoms with Crippen LogP contribution in [0.3, 0.4) is 0 Å². The van der Waals surface area contributed by atoms with Crippen molar-refractivity contribution in [2.24, 2.45) is 0 Å². The van der Waals surface area contributed by atoms with E-state index in [0.717, 1.165) is 16.7 Å². The molecule has 21 heavy (non-hydrogen) atoms. The summed E-state index contributed by atoms with van der Waals surface area (Å²) in [7, 11) is 3.08. The van der Waals surface area contributed by atoms with Gasteiger partial charge < -0.3 is 14.6 Å². The van der Waals surface area contributed by atoms with Gasteiger partial charge in [-0.15, -0.1) is 0 Å². The van der Waals surface area contributed by atoms with Crippen LogP contribution in [0.25, 0.3) is 0 Å². The van der Waals surface area contributed by atoms with Crippen LogP contribution in [-0.4, -0.2) is 19.3 Å². The smallest absolute Gasteiger partial charge is 0.179 e. The number of hydrogen-bond donors (Lipinski definition) is 1. The molecule has 3 nitrogen and oxygen atoms in total. The summed E-state index contributed by atoms with van der Waals surface area (Å²) in [5.74, 6) is 0.973. The van der Waals surface area contributed by atoms with Crippen LogP contribution >= 0.6 is 11.6 Å². The molecule has 1 unspecified atom stereocenters. The summed E-state index contributed by atoms with van der Waals surface area (Å²) in [6.07, 6.45) is -0.762. The van der Waals surface area contributed by atoms with Gasteiger partial charge in [-0.2, -0.15) is 0 Å². The maximum absolute atomic E-state index is 10.7. The molecule has 0 aromatic heterocycles. The summed E-state index contributed by atoms with van der Waals surface area (Å²) in [6, 6.07) is 9.32. The van der Waals surface area contributed by atoms with E-state index in [9.17, 15) is 5.11 Å². The number of rotatable bonds is 4. The number of aryl methyl sites for hydroxylation is 1. The minimum atomic E-state index is -0.762. The highest BCUT2D eigenvalue weighted by molar-refractivity contribution is 6.32. The second-order valence-electron chi connectivity index (χ2n) is 4.93. The first-order valence-electron chi connectivity index (χ1n) is 6.65. The van der Waals surface area contributed by atoms with Gasteiger partial charge in [-0.25, -0.2) is 0 Å². The third-order valence-electron chi connectivity index (χ3n) is 3.71. The average molecular weight is 307 g/mol. The minimum absolute atomic E-state index is 0.413. The zero-order chi connectivity index (χ0) is 15.6. The molecule has 0 aliphatic rings. The van der Waals surface area contributed by atoms with Gasteiger partial charge in [0.2, 0.25) is 0 Å². The lowest BCUT2D eigenvalue weighted by atomic mass is 9.94. The Labute approximate surface area is 130 Å². The van der Waals surface area contributed by atoms with E-state index in [1.807, 2.05) is 32.0 Å². The minimum Gasteiger partial charge on any atom is -0.493 e. The van der Waals surface area contributed by atoms with Crippen LogP contribution < -0.4 is 9.47 Å². The molecule has 1 N–H and O–H groups in total. The number of hydrogen-bond acceptors (Lipinski definition) is 3. The fraction of sp³-hybridized carbons (Fsp3) is 0.294. The SMILES string of the molecule is COc1cc(C(O)c2cccc(C)c2C)cc(Cl)c1OC. The second-order valence-corrected chi connectivity index (χ2v) is 5.34. The molecule has 0 heterocycles. The van der Waals surface area contributed by atoms with Crippen LogP contribution in [0.1, 0.15) is 28.4 Å². The van der Waals surface area contributed by atoms with Crippen LogP contribution in [0, 0.1) is 13.8 Å². The van der Waals surface area contributed by atoms with E-state index in [2.05, 4.69) is 0 Å². The number of benzene rings is 2. The number of aliphatic hydroxyl groups is 1. The van der Waals surface area contributed by atoms with Crippen molar-refractivity contribution in [2.45, 2.75) is 20.0 Å². The fourth-order valence-corrected chi connectivity index (χ4v) is 2.64. The normalized spacial score (nSPS) is 12.1. The quantitative estimate of drug-likeness (QED) is 0.926. The van der Waals surface area contributed by atoms with E-state index >= 15 is 0 Å². The lowest BCUT2D eigenvalue weighted by molar-refractivity contribution is 0.218. The number of methoxy groups -OCH3 is 2. The predicted octanol–water partition coefficient (Wildman–Crippen LogP) is 4.06. The summed E-state index contributed by atoms with van der Waals surface area (Å²) in [6.45, 7) is 4.02. The second kappa shape index (κ2) is 6.37. The van der Waals surface area contributed by atoms with E-state index in [-0.39, 0.29) is 0 Å². The van der Waals surface area contributed by atoms with Gasteiger partial charge in [0, 0.05) is 0 Å². The number of halogens is 1. The Balaban J connectivity index is 2.51. The zero-order valence-electron chi connectivity index (χ0n) is 12.6. The monoisotopic (exact) mass is 306 g/mol. The Bertz CT molecular complexity index is 653. The Morgan fingerprint density at radius 2 is 1.81 bits per heavy atom. The predicted molar refractivity (Wildman–Crippen MR) is 84.5 cm³/mol. The van der Waals surface area contributed by atoms with Gasteiger partial charge in [0.15, 0.2) is 11.5 Å². The Morgan fingerprint density at radius 1 is 1.10 bits per heavy atom. The van der Waals surface area contributed by atoms with Crippen LogP contribution in [0.15, 0.2) is 30.3 Å². The molecular weight excluding hydrogens is 288 g/mol. The highest BCUT2D eigenvalue weighted by Crippen LogP contribution is 2.39. The first-order valence-corrected chi connectivity index (χ1v) is 7.03. The summed E-state index contributed by atoms with van der Waals surface area (Å²) >= 11 is 6.20. The van der Waals surface area contributed by atoms with Crippen molar-refractivity contribution in [3.8, 4) is 11.5 Å². The third-order valence-corrected chi connectivity index (χ3v) is 3.99. The van der Waals surface area contributed by atoms with E-state index in [1.54, 1.807) is 19.2 Å². The van der Waals surface area contributed by atoms with E-state index < -0.39 is 6.10 Å². The first kappa shape index (κ1) is 15.7. The number of ether oxygens (including phenoxy) is 2. The molecule has 112 valence electrons. The fourth-order valence-electron chi connectivity index (χ4n) is 2.35. The molecule has 0 aliphatic carbocycles. The summed E-state index contributed by atoms with van der Waals surface area (Å²) in [4.78, 5) is 0. The zero-order valence-corrected chi connectivity index (χ0v) is 13.4. The topological polar surface area (TPSA) is 38.7 Å². The Hall–Kier alpha value is -1.71. The van der Waals surface area contributed by atoms with Crippen molar-refractivity contribution in [3.05, 3.63) is 57.6 Å². The van der Waals surface area contributed by atoms with Crippen LogP contribution in [-0.2, 0) is 0 Å². The molecule has 0 saturated carbocycles. The lowest BCUT2D eigenvalue weighted by Gasteiger charge is -2.18. The summed E-state index contributed by atoms with van der Waals surface area (Å²) < 4.78 is 10.5. The van der Waals surface area contributed by atoms with Crippen LogP contribution in [0.2, 0.25) is 5.02 Å². The molecule has 0 saturated heterocycles. The van der Waals surface area contributed by atoms with Crippen molar-refractivity contribution in [1.82, 2.24) is 0 Å². The maximum Gasteiger partial charge on any atom is 0.179 e. The highest BCUT2D eigenvalue weighted by Gasteiger charge is 2.18. The molecule has 2 rings (SSSR count). The molecule has 2 aromatic carbocycles. The van der Waals surface area contributed by atoms with E-state index in [0.29, 0.717) is 22.1 Å². The van der Waals surface area contributed by atoms with Crippen molar-refractivity contribution in [1.29, 1.82) is 0 Å². The van der Waals surface area contributed by atoms with Crippen molar-refractivity contribution < 1.29 is 14.6 Å². The van der Waals surface area contributed by atoms with Crippen LogP contribution in [0.5, 0.6) is 11.5 Å². The first-order chi connectivity index (χ1) is 9.99. The van der Waals surface area contributed by atoms with E-state index in [1.165, 1.54) is 7.11 Å². The molecule has 0 amide bonds. The molecule has 0 bridgehead atoms. The standard InChI is InChI=1S/C17H19ClO3/c1-10-6-5-7-13(11(10)2)16(19)12-8-14(18)17(21-4)15(9-12)20-3/h5-9,16,19H,1-4H3. The van der Waals surface area contributed by atoms with Gasteiger partial charge >= 0.3 is 0 Å². The van der Waals surface area contributed by atoms with Gasteiger partial charge in [0.1, 0.15) is 6.10 Å². The van der Waals surface area contributed by atoms with Crippen molar-refractivity contribution >= 4 is 11.6 Å². The third kappa shape index (κ3) is 2.99. The number of aliphatic hydroxyl groups excluding tert-OH is 1. The molecule has 0 radical (unpaired) electrons. The highest BCUT2D eigenvalue weighted by atomic mass is 35.5. The van der Waals surface area contributed by atoms with Gasteiger partial charge in [0.25, 0.3) is 0 Å². The Morgan fingerprint density at radius 3 is 2.43 bits per heavy atom. The largest absolute Gasteiger partial charge is 0.493 e. The van der Waals surface area contributed by atoms with Gasteiger partial charge in [-0.3, -0.25) is 0 Å². The molecule has 0 spiro atoms. The molecule has 2 aromatic rings. The molecule has 0 aliphatic heterocycles. The van der Waals surface area contributed by atoms with Crippen molar-refractivity contribution in [2.75, 3.05) is 14.2 Å².